The number of nitrogens with zero attached hydrogens (tertiary/aromatic N) is 2. The molecular weight excluding hydrogens is 482 g/mol. The van der Waals surface area contributed by atoms with Crippen molar-refractivity contribution in [3.63, 3.8) is 0 Å². The van der Waals surface area contributed by atoms with E-state index in [1.54, 1.807) is 0 Å². The third-order valence-electron chi connectivity index (χ3n) is 4.55. The van der Waals surface area contributed by atoms with E-state index in [4.69, 9.17) is 27.2 Å². The molecule has 0 bridgehead atoms. The van der Waals surface area contributed by atoms with Gasteiger partial charge in [0.15, 0.2) is 0 Å². The Morgan fingerprint density at radius 2 is 2.00 bits per heavy atom. The fourth-order valence-corrected chi connectivity index (χ4v) is 4.51. The first-order valence-corrected chi connectivity index (χ1v) is 11.2. The van der Waals surface area contributed by atoms with Crippen LogP contribution in [0.15, 0.2) is 40.2 Å². The van der Waals surface area contributed by atoms with Crippen LogP contribution in [0.5, 0.6) is 0 Å². The number of hydrogen-bond donors (Lipinski definition) is 3. The Morgan fingerprint density at radius 1 is 1.39 bits per heavy atom. The Bertz CT molecular complexity index is 1310. The second-order valence-electron chi connectivity index (χ2n) is 7.28. The van der Waals surface area contributed by atoms with Gasteiger partial charge in [0.2, 0.25) is 21.4 Å². The number of rotatable bonds is 3. The number of carboxylic acid groups (broad SMARTS) is 1. The summed E-state index contributed by atoms with van der Waals surface area (Å²) in [5.74, 6) is -3.11. The summed E-state index contributed by atoms with van der Waals surface area (Å²) in [6.45, 7) is 2.52. The summed E-state index contributed by atoms with van der Waals surface area (Å²) in [4.78, 5) is 27.3. The van der Waals surface area contributed by atoms with Gasteiger partial charge in [-0.2, -0.15) is 0 Å². The van der Waals surface area contributed by atoms with Crippen LogP contribution < -0.4 is 11.2 Å². The molecule has 1 aliphatic rings. The highest BCUT2D eigenvalue weighted by atomic mass is 35.5. The molecule has 1 aromatic heterocycles. The van der Waals surface area contributed by atoms with E-state index in [1.807, 2.05) is 0 Å². The Kier molecular flexibility index (Phi) is 7.65. The van der Waals surface area contributed by atoms with Gasteiger partial charge in [0.1, 0.15) is 22.2 Å². The van der Waals surface area contributed by atoms with Crippen LogP contribution >= 0.6 is 11.6 Å². The molecule has 0 saturated heterocycles. The van der Waals surface area contributed by atoms with Gasteiger partial charge in [0.05, 0.1) is 11.4 Å². The van der Waals surface area contributed by atoms with Crippen molar-refractivity contribution in [1.82, 2.24) is 9.29 Å². The van der Waals surface area contributed by atoms with E-state index in [1.165, 1.54) is 26.1 Å². The molecule has 2 heterocycles. The molecule has 0 unspecified atom stereocenters. The van der Waals surface area contributed by atoms with Crippen LogP contribution in [0, 0.1) is 5.82 Å². The summed E-state index contributed by atoms with van der Waals surface area (Å²) in [7, 11) is -2.55. The summed E-state index contributed by atoms with van der Waals surface area (Å²) >= 11 is 5.63. The third kappa shape index (κ3) is 6.17. The minimum absolute atomic E-state index is 0.0525. The van der Waals surface area contributed by atoms with Crippen LogP contribution in [0.3, 0.4) is 0 Å². The first-order chi connectivity index (χ1) is 15.2. The first-order valence-electron chi connectivity index (χ1n) is 9.23. The second kappa shape index (κ2) is 9.71. The number of guanidine groups is 1. The fourth-order valence-electron chi connectivity index (χ4n) is 2.95. The summed E-state index contributed by atoms with van der Waals surface area (Å²) in [6, 6.07) is 4.68. The van der Waals surface area contributed by atoms with Crippen LogP contribution in [0.1, 0.15) is 30.7 Å². The molecule has 9 nitrogen and oxygen atoms in total. The quantitative estimate of drug-likeness (QED) is 0.587. The van der Waals surface area contributed by atoms with Crippen molar-refractivity contribution in [2.75, 3.05) is 12.8 Å². The monoisotopic (exact) mass is 502 g/mol. The fraction of sp³-hybridized carbons (Fsp3) is 0.250. The van der Waals surface area contributed by atoms with Crippen molar-refractivity contribution >= 4 is 45.5 Å². The number of carboxylic acids is 1. The maximum absolute atomic E-state index is 14.5. The molecule has 3 rings (SSSR count). The van der Waals surface area contributed by atoms with Crippen molar-refractivity contribution in [1.29, 1.82) is 0 Å². The van der Waals surface area contributed by atoms with E-state index in [-0.39, 0.29) is 27.8 Å². The van der Waals surface area contributed by atoms with Gasteiger partial charge in [-0.3, -0.25) is 9.59 Å². The number of pyridine rings is 1. The van der Waals surface area contributed by atoms with E-state index in [2.05, 4.69) is 9.98 Å². The topological polar surface area (TPSA) is 146 Å². The molecule has 1 aliphatic heterocycles. The normalized spacial score (nSPS) is 19.9. The van der Waals surface area contributed by atoms with Crippen LogP contribution in [0.4, 0.5) is 8.78 Å². The Hall–Kier alpha value is -3.25. The molecule has 1 atom stereocenters. The zero-order chi connectivity index (χ0) is 25.1. The van der Waals surface area contributed by atoms with Gasteiger partial charge in [-0.25, -0.2) is 26.5 Å². The predicted molar refractivity (Wildman–Crippen MR) is 121 cm³/mol. The highest BCUT2D eigenvalue weighted by Gasteiger charge is 2.41. The lowest BCUT2D eigenvalue weighted by Crippen LogP contribution is -2.50. The van der Waals surface area contributed by atoms with E-state index < -0.39 is 44.4 Å². The number of carbonyl (C=O) groups is 1. The van der Waals surface area contributed by atoms with Gasteiger partial charge in [-0.15, -0.1) is 0 Å². The number of aliphatic imine (C=N–C) groups is 1. The third-order valence-corrected chi connectivity index (χ3v) is 6.80. The first kappa shape index (κ1) is 26.0. The SMILES string of the molecule is CC(=O)O.CN1C(N)=N[C@](C)(c2cc(/C=C(\F)c3cc(=O)c(Cl)c[nH]3)ccc2F)CS1(=O)=O. The number of aromatic amines is 1. The smallest absolute Gasteiger partial charge is 0.300 e. The molecule has 1 aromatic carbocycles. The minimum Gasteiger partial charge on any atom is -0.481 e. The predicted octanol–water partition coefficient (Wildman–Crippen LogP) is 2.53. The molecule has 2 aromatic rings. The van der Waals surface area contributed by atoms with Crippen molar-refractivity contribution < 1.29 is 27.1 Å². The molecule has 0 spiro atoms. The molecule has 0 amide bonds. The average molecular weight is 503 g/mol. The standard InChI is InChI=1S/C18H17ClF2N4O3S.C2H4O2/c1-18(9-29(27,28)25(2)17(22)24-18)11-5-10(3-4-13(11)20)6-14(21)15-7-16(26)12(19)8-23-15;1-2(3)4/h3-8H,9H2,1-2H3,(H2,22,24)(H,23,26);1H3,(H,3,4)/b14-6-;/t18-;/m0./s1. The summed E-state index contributed by atoms with van der Waals surface area (Å²) in [6.07, 6.45) is 2.23. The largest absolute Gasteiger partial charge is 0.481 e. The molecule has 4 N–H and O–H groups in total. The number of nitrogens with one attached hydrogen (secondary N) is 1. The van der Waals surface area contributed by atoms with Gasteiger partial charge in [0, 0.05) is 31.8 Å². The van der Waals surface area contributed by atoms with Crippen molar-refractivity contribution in [2.24, 2.45) is 10.7 Å². The number of halogens is 3. The number of sulfonamides is 1. The Morgan fingerprint density at radius 3 is 2.55 bits per heavy atom. The maximum atomic E-state index is 14.5. The molecule has 178 valence electrons. The number of H-pyrrole nitrogens is 1. The van der Waals surface area contributed by atoms with Crippen LogP contribution in [0.2, 0.25) is 5.02 Å². The zero-order valence-electron chi connectivity index (χ0n) is 17.8. The highest BCUT2D eigenvalue weighted by Crippen LogP contribution is 2.34. The van der Waals surface area contributed by atoms with Crippen LogP contribution in [-0.4, -0.2) is 47.5 Å². The molecule has 0 fully saturated rings. The number of hydrogen-bond acceptors (Lipinski definition) is 6. The molecule has 13 heteroatoms. The van der Waals surface area contributed by atoms with Gasteiger partial charge >= 0.3 is 0 Å². The van der Waals surface area contributed by atoms with Crippen LogP contribution in [-0.2, 0) is 20.4 Å². The maximum Gasteiger partial charge on any atom is 0.300 e. The average Bonchev–Trinajstić information content (AvgIpc) is 2.68. The Labute approximate surface area is 193 Å². The lowest BCUT2D eigenvalue weighted by Gasteiger charge is -2.34. The molecule has 0 saturated carbocycles. The van der Waals surface area contributed by atoms with Gasteiger partial charge < -0.3 is 15.8 Å². The molecule has 0 radical (unpaired) electrons. The van der Waals surface area contributed by atoms with E-state index in [0.717, 1.165) is 35.6 Å². The minimum atomic E-state index is -3.80. The van der Waals surface area contributed by atoms with Gasteiger partial charge in [0.25, 0.3) is 5.97 Å². The van der Waals surface area contributed by atoms with Crippen molar-refractivity contribution in [2.45, 2.75) is 19.4 Å². The second-order valence-corrected chi connectivity index (χ2v) is 9.68. The molecule has 0 aliphatic carbocycles. The van der Waals surface area contributed by atoms with Crippen LogP contribution in [0.25, 0.3) is 11.9 Å². The Balaban J connectivity index is 0.000000890. The highest BCUT2D eigenvalue weighted by molar-refractivity contribution is 7.89. The van der Waals surface area contributed by atoms with E-state index >= 15 is 0 Å². The van der Waals surface area contributed by atoms with Crippen molar-refractivity contribution in [3.05, 3.63) is 68.3 Å². The number of aromatic nitrogens is 1. The summed E-state index contributed by atoms with van der Waals surface area (Å²) in [5.41, 5.74) is 3.72. The lowest BCUT2D eigenvalue weighted by molar-refractivity contribution is -0.134. The van der Waals surface area contributed by atoms with E-state index in [0.29, 0.717) is 0 Å². The molecule has 33 heavy (non-hydrogen) atoms. The van der Waals surface area contributed by atoms with Crippen molar-refractivity contribution in [3.8, 4) is 0 Å². The van der Waals surface area contributed by atoms with E-state index in [9.17, 15) is 22.0 Å². The summed E-state index contributed by atoms with van der Waals surface area (Å²) in [5, 5.41) is 7.33. The zero-order valence-corrected chi connectivity index (χ0v) is 19.3. The van der Waals surface area contributed by atoms with Gasteiger partial charge in [-0.05, 0) is 30.7 Å². The number of benzene rings is 1. The number of aliphatic carboxylic acids is 1. The van der Waals surface area contributed by atoms with Gasteiger partial charge in [-0.1, -0.05) is 17.7 Å². The summed E-state index contributed by atoms with van der Waals surface area (Å²) < 4.78 is 54.6. The molecular formula is C20H21ClF2N4O5S. The number of nitrogens with two attached hydrogens (primary N) is 1. The lowest BCUT2D eigenvalue weighted by atomic mass is 9.92.